The van der Waals surface area contributed by atoms with Crippen molar-refractivity contribution in [1.82, 2.24) is 9.55 Å². The molecule has 1 saturated heterocycles. The van der Waals surface area contributed by atoms with E-state index in [9.17, 15) is 8.42 Å². The van der Waals surface area contributed by atoms with Gasteiger partial charge in [-0.25, -0.2) is 8.42 Å². The molecule has 0 aliphatic carbocycles. The molecule has 1 aromatic heterocycles. The Kier molecular flexibility index (Phi) is 2.78. The van der Waals surface area contributed by atoms with E-state index in [-0.39, 0.29) is 11.5 Å². The molecule has 1 unspecified atom stereocenters. The highest BCUT2D eigenvalue weighted by atomic mass is 32.2. The molecule has 20 heavy (non-hydrogen) atoms. The number of fused-ring (bicyclic) bond motifs is 1. The van der Waals surface area contributed by atoms with Gasteiger partial charge in [-0.1, -0.05) is 0 Å². The number of aromatic amines is 1. The van der Waals surface area contributed by atoms with Gasteiger partial charge in [0.2, 0.25) is 0 Å². The minimum atomic E-state index is -3.03. The number of rotatable bonds is 1. The van der Waals surface area contributed by atoms with Crippen molar-refractivity contribution in [3.8, 4) is 6.07 Å². The van der Waals surface area contributed by atoms with Crippen LogP contribution < -0.4 is 0 Å². The van der Waals surface area contributed by atoms with Crippen molar-refractivity contribution in [2.45, 2.75) is 18.9 Å². The summed E-state index contributed by atoms with van der Waals surface area (Å²) in [5.74, 6) is 0.258. The molecular weight excluding hydrogens is 294 g/mol. The third-order valence-corrected chi connectivity index (χ3v) is 6.01. The van der Waals surface area contributed by atoms with Gasteiger partial charge in [-0.15, -0.1) is 0 Å². The van der Waals surface area contributed by atoms with E-state index in [4.69, 9.17) is 17.5 Å². The first kappa shape index (κ1) is 13.3. The fraction of sp³-hybridized carbons (Fsp3) is 0.385. The third kappa shape index (κ3) is 1.96. The van der Waals surface area contributed by atoms with Crippen LogP contribution in [0.4, 0.5) is 0 Å². The number of nitriles is 1. The highest BCUT2D eigenvalue weighted by Crippen LogP contribution is 2.34. The van der Waals surface area contributed by atoms with Crippen LogP contribution in [0.15, 0.2) is 18.2 Å². The van der Waals surface area contributed by atoms with Crippen LogP contribution in [0.25, 0.3) is 11.0 Å². The van der Waals surface area contributed by atoms with Gasteiger partial charge in [0.1, 0.15) is 0 Å². The molecule has 1 aliphatic heterocycles. The second-order valence-electron chi connectivity index (χ2n) is 5.45. The van der Waals surface area contributed by atoms with Gasteiger partial charge in [-0.2, -0.15) is 5.26 Å². The molecule has 0 radical (unpaired) electrons. The van der Waals surface area contributed by atoms with Gasteiger partial charge in [-0.3, -0.25) is 0 Å². The molecule has 1 N–H and O–H groups in total. The zero-order valence-electron chi connectivity index (χ0n) is 10.9. The number of hydrogen-bond donors (Lipinski definition) is 1. The molecule has 5 nitrogen and oxygen atoms in total. The van der Waals surface area contributed by atoms with E-state index in [1.165, 1.54) is 0 Å². The summed E-state index contributed by atoms with van der Waals surface area (Å²) in [6.07, 6.45) is 0.535. The van der Waals surface area contributed by atoms with Gasteiger partial charge in [0.25, 0.3) is 0 Å². The lowest BCUT2D eigenvalue weighted by molar-refractivity contribution is 0.372. The lowest BCUT2D eigenvalue weighted by Crippen LogP contribution is -2.31. The van der Waals surface area contributed by atoms with E-state index in [1.807, 2.05) is 11.5 Å². The van der Waals surface area contributed by atoms with Crippen LogP contribution in [0.2, 0.25) is 0 Å². The Morgan fingerprint density at radius 2 is 2.25 bits per heavy atom. The molecule has 3 rings (SSSR count). The first-order valence-electron chi connectivity index (χ1n) is 6.20. The van der Waals surface area contributed by atoms with Crippen LogP contribution >= 0.6 is 12.2 Å². The van der Waals surface area contributed by atoms with Gasteiger partial charge >= 0.3 is 0 Å². The number of imidazole rings is 1. The Hall–Kier alpha value is -1.65. The number of nitrogens with one attached hydrogen (secondary N) is 1. The van der Waals surface area contributed by atoms with Crippen molar-refractivity contribution in [2.24, 2.45) is 0 Å². The minimum absolute atomic E-state index is 0.0814. The zero-order chi connectivity index (χ0) is 14.5. The SMILES string of the molecule is CC1(n2c(=S)[nH]c3ccc(C#N)cc32)CCS(=O)(=O)C1. The number of H-pyrrole nitrogens is 1. The summed E-state index contributed by atoms with van der Waals surface area (Å²) in [4.78, 5) is 3.08. The van der Waals surface area contributed by atoms with E-state index in [0.29, 0.717) is 16.8 Å². The second kappa shape index (κ2) is 4.17. The summed E-state index contributed by atoms with van der Waals surface area (Å²) in [6.45, 7) is 1.90. The molecule has 0 spiro atoms. The smallest absolute Gasteiger partial charge is 0.178 e. The molecule has 0 amide bonds. The van der Waals surface area contributed by atoms with Crippen molar-refractivity contribution < 1.29 is 8.42 Å². The lowest BCUT2D eigenvalue weighted by Gasteiger charge is -2.25. The van der Waals surface area contributed by atoms with E-state index in [1.54, 1.807) is 18.2 Å². The van der Waals surface area contributed by atoms with Crippen LogP contribution in [0, 0.1) is 16.1 Å². The highest BCUT2D eigenvalue weighted by molar-refractivity contribution is 7.91. The maximum absolute atomic E-state index is 11.8. The zero-order valence-corrected chi connectivity index (χ0v) is 12.5. The van der Waals surface area contributed by atoms with Crippen LogP contribution in [0.5, 0.6) is 0 Å². The average Bonchev–Trinajstić information content (AvgIpc) is 2.85. The number of sulfone groups is 1. The Balaban J connectivity index is 2.29. The Bertz CT molecular complexity index is 902. The van der Waals surface area contributed by atoms with E-state index < -0.39 is 15.4 Å². The standard InChI is InChI=1S/C13H13N3O2S2/c1-13(4-5-20(17,18)8-13)16-11-6-9(7-14)2-3-10(11)15-12(16)19/h2-3,6H,4-5,8H2,1H3,(H,15,19). The maximum atomic E-state index is 11.8. The monoisotopic (exact) mass is 307 g/mol. The maximum Gasteiger partial charge on any atom is 0.178 e. The third-order valence-electron chi connectivity index (χ3n) is 3.83. The normalized spacial score (nSPS) is 24.8. The molecular formula is C13H13N3O2S2. The molecule has 0 saturated carbocycles. The number of benzene rings is 1. The summed E-state index contributed by atoms with van der Waals surface area (Å²) in [5.41, 5.74) is 1.58. The molecule has 2 heterocycles. The Morgan fingerprint density at radius 1 is 1.50 bits per heavy atom. The van der Waals surface area contributed by atoms with Crippen LogP contribution in [0.3, 0.4) is 0 Å². The fourth-order valence-corrected chi connectivity index (χ4v) is 5.42. The average molecular weight is 307 g/mol. The summed E-state index contributed by atoms with van der Waals surface area (Å²) < 4.78 is 25.9. The van der Waals surface area contributed by atoms with Crippen LogP contribution in [0.1, 0.15) is 18.9 Å². The molecule has 1 aliphatic rings. The van der Waals surface area contributed by atoms with Gasteiger partial charge in [-0.05, 0) is 43.8 Å². The summed E-state index contributed by atoms with van der Waals surface area (Å²) in [6, 6.07) is 7.36. The van der Waals surface area contributed by atoms with Crippen molar-refractivity contribution in [3.05, 3.63) is 28.5 Å². The number of hydrogen-bond acceptors (Lipinski definition) is 4. The Labute approximate surface area is 121 Å². The largest absolute Gasteiger partial charge is 0.331 e. The minimum Gasteiger partial charge on any atom is -0.331 e. The highest BCUT2D eigenvalue weighted by Gasteiger charge is 2.41. The van der Waals surface area contributed by atoms with Crippen molar-refractivity contribution in [2.75, 3.05) is 11.5 Å². The molecule has 1 fully saturated rings. The van der Waals surface area contributed by atoms with Crippen molar-refractivity contribution in [1.29, 1.82) is 5.26 Å². The van der Waals surface area contributed by atoms with Gasteiger partial charge in [0, 0.05) is 0 Å². The van der Waals surface area contributed by atoms with Gasteiger partial charge < -0.3 is 9.55 Å². The predicted molar refractivity (Wildman–Crippen MR) is 78.8 cm³/mol. The predicted octanol–water partition coefficient (Wildman–Crippen LogP) is 2.10. The summed E-state index contributed by atoms with van der Waals surface area (Å²) in [7, 11) is -3.03. The quantitative estimate of drug-likeness (QED) is 0.818. The molecule has 1 aromatic carbocycles. The number of nitrogens with zero attached hydrogens (tertiary/aromatic N) is 2. The molecule has 1 atom stereocenters. The number of aromatic nitrogens is 2. The van der Waals surface area contributed by atoms with Crippen LogP contribution in [-0.4, -0.2) is 29.5 Å². The molecule has 2 aromatic rings. The lowest BCUT2D eigenvalue weighted by atomic mass is 10.0. The van der Waals surface area contributed by atoms with E-state index >= 15 is 0 Å². The van der Waals surface area contributed by atoms with E-state index in [2.05, 4.69) is 11.1 Å². The fourth-order valence-electron chi connectivity index (χ4n) is 2.88. The summed E-state index contributed by atoms with van der Waals surface area (Å²) >= 11 is 5.35. The first-order valence-corrected chi connectivity index (χ1v) is 8.43. The van der Waals surface area contributed by atoms with Gasteiger partial charge in [0.15, 0.2) is 14.6 Å². The van der Waals surface area contributed by atoms with E-state index in [0.717, 1.165) is 11.0 Å². The van der Waals surface area contributed by atoms with Gasteiger partial charge in [0.05, 0.1) is 39.7 Å². The Morgan fingerprint density at radius 3 is 2.85 bits per heavy atom. The van der Waals surface area contributed by atoms with Crippen LogP contribution in [-0.2, 0) is 15.4 Å². The topological polar surface area (TPSA) is 78.7 Å². The molecule has 0 bridgehead atoms. The van der Waals surface area contributed by atoms with Crippen molar-refractivity contribution >= 4 is 33.1 Å². The molecule has 7 heteroatoms. The summed E-state index contributed by atoms with van der Waals surface area (Å²) in [5, 5.41) is 9.02. The first-order chi connectivity index (χ1) is 9.35. The second-order valence-corrected chi connectivity index (χ2v) is 8.02. The van der Waals surface area contributed by atoms with Crippen molar-refractivity contribution in [3.63, 3.8) is 0 Å². The molecule has 104 valence electrons.